The van der Waals surface area contributed by atoms with E-state index in [0.717, 1.165) is 24.8 Å². The van der Waals surface area contributed by atoms with E-state index < -0.39 is 5.97 Å². The van der Waals surface area contributed by atoms with Crippen molar-refractivity contribution in [2.45, 2.75) is 25.5 Å². The zero-order valence-corrected chi connectivity index (χ0v) is 15.3. The minimum absolute atomic E-state index is 0.0831. The van der Waals surface area contributed by atoms with Gasteiger partial charge in [-0.3, -0.25) is 0 Å². The van der Waals surface area contributed by atoms with Gasteiger partial charge in [-0.15, -0.1) is 0 Å². The van der Waals surface area contributed by atoms with Gasteiger partial charge in [-0.1, -0.05) is 48.0 Å². The van der Waals surface area contributed by atoms with E-state index in [1.165, 1.54) is 6.07 Å². The molecule has 138 valence electrons. The Labute approximate surface area is 161 Å². The molecule has 4 rings (SSSR count). The van der Waals surface area contributed by atoms with Crippen molar-refractivity contribution in [3.63, 3.8) is 0 Å². The van der Waals surface area contributed by atoms with Crippen molar-refractivity contribution in [1.82, 2.24) is 14.8 Å². The van der Waals surface area contributed by atoms with Crippen LogP contribution in [0.25, 0.3) is 23.2 Å². The molecule has 0 bridgehead atoms. The van der Waals surface area contributed by atoms with Crippen molar-refractivity contribution in [2.24, 2.45) is 0 Å². The van der Waals surface area contributed by atoms with E-state index in [9.17, 15) is 9.90 Å². The van der Waals surface area contributed by atoms with Gasteiger partial charge in [0.1, 0.15) is 5.15 Å². The number of hydrogen-bond acceptors (Lipinski definition) is 4. The maximum Gasteiger partial charge on any atom is 0.336 e. The molecular formula is C20H18ClN3O3. The first-order valence-corrected chi connectivity index (χ1v) is 9.18. The number of pyridine rings is 1. The third-order valence-electron chi connectivity index (χ3n) is 4.55. The van der Waals surface area contributed by atoms with Gasteiger partial charge in [0, 0.05) is 6.61 Å². The van der Waals surface area contributed by atoms with Crippen molar-refractivity contribution < 1.29 is 14.6 Å². The van der Waals surface area contributed by atoms with E-state index in [4.69, 9.17) is 16.3 Å². The van der Waals surface area contributed by atoms with Gasteiger partial charge < -0.3 is 9.84 Å². The summed E-state index contributed by atoms with van der Waals surface area (Å²) in [5.41, 5.74) is 2.04. The lowest BCUT2D eigenvalue weighted by Gasteiger charge is -2.23. The predicted molar refractivity (Wildman–Crippen MR) is 104 cm³/mol. The van der Waals surface area contributed by atoms with Crippen LogP contribution in [-0.4, -0.2) is 32.4 Å². The maximum absolute atomic E-state index is 11.8. The van der Waals surface area contributed by atoms with Crippen LogP contribution >= 0.6 is 11.6 Å². The molecule has 27 heavy (non-hydrogen) atoms. The molecule has 1 aromatic carbocycles. The summed E-state index contributed by atoms with van der Waals surface area (Å²) < 4.78 is 7.50. The molecule has 7 heteroatoms. The first kappa shape index (κ1) is 17.7. The van der Waals surface area contributed by atoms with Crippen LogP contribution in [0.1, 0.15) is 47.1 Å². The third-order valence-corrected chi connectivity index (χ3v) is 4.74. The second-order valence-corrected chi connectivity index (χ2v) is 6.78. The summed E-state index contributed by atoms with van der Waals surface area (Å²) >= 11 is 6.09. The largest absolute Gasteiger partial charge is 0.478 e. The van der Waals surface area contributed by atoms with Crippen LogP contribution in [0.5, 0.6) is 0 Å². The first-order valence-electron chi connectivity index (χ1n) is 8.80. The Bertz CT molecular complexity index is 1010. The molecule has 6 nitrogen and oxygen atoms in total. The van der Waals surface area contributed by atoms with Gasteiger partial charge in [-0.05, 0) is 37.0 Å². The molecule has 3 aromatic rings. The standard InChI is InChI=1S/C20H18ClN3O3/c21-16-12-14(20(25)26)18-15(10-9-13-6-2-1-3-7-13)23-24(19(18)22-16)17-8-4-5-11-27-17/h1-3,6-7,9-10,12,17H,4-5,8,11H2,(H,25,26). The zero-order valence-electron chi connectivity index (χ0n) is 14.5. The number of carbonyl (C=O) groups is 1. The minimum atomic E-state index is -1.07. The Hall–Kier alpha value is -2.70. The molecule has 0 spiro atoms. The van der Waals surface area contributed by atoms with E-state index >= 15 is 0 Å². The van der Waals surface area contributed by atoms with Crippen LogP contribution in [0.4, 0.5) is 0 Å². The molecule has 0 aliphatic carbocycles. The summed E-state index contributed by atoms with van der Waals surface area (Å²) in [5, 5.41) is 14.9. The molecule has 0 amide bonds. The third kappa shape index (κ3) is 3.59. The van der Waals surface area contributed by atoms with E-state index in [1.54, 1.807) is 10.8 Å². The van der Waals surface area contributed by atoms with Gasteiger partial charge in [0.15, 0.2) is 11.9 Å². The smallest absolute Gasteiger partial charge is 0.336 e. The zero-order chi connectivity index (χ0) is 18.8. The second-order valence-electron chi connectivity index (χ2n) is 6.39. The van der Waals surface area contributed by atoms with Gasteiger partial charge in [-0.25, -0.2) is 14.5 Å². The van der Waals surface area contributed by atoms with E-state index in [2.05, 4.69) is 10.1 Å². The number of benzene rings is 1. The van der Waals surface area contributed by atoms with Gasteiger partial charge in [0.2, 0.25) is 0 Å². The van der Waals surface area contributed by atoms with Gasteiger partial charge >= 0.3 is 5.97 Å². The second kappa shape index (κ2) is 7.50. The fourth-order valence-corrected chi connectivity index (χ4v) is 3.46. The number of ether oxygens (including phenoxy) is 1. The summed E-state index contributed by atoms with van der Waals surface area (Å²) in [4.78, 5) is 16.2. The highest BCUT2D eigenvalue weighted by Gasteiger charge is 2.25. The summed E-state index contributed by atoms with van der Waals surface area (Å²) in [6, 6.07) is 11.1. The fraction of sp³-hybridized carbons (Fsp3) is 0.250. The van der Waals surface area contributed by atoms with Crippen molar-refractivity contribution >= 4 is 40.8 Å². The lowest BCUT2D eigenvalue weighted by Crippen LogP contribution is -2.19. The molecule has 2 aromatic heterocycles. The van der Waals surface area contributed by atoms with Crippen LogP contribution in [-0.2, 0) is 4.74 Å². The molecule has 1 atom stereocenters. The Morgan fingerprint density at radius 3 is 2.78 bits per heavy atom. The summed E-state index contributed by atoms with van der Waals surface area (Å²) in [5.74, 6) is -1.07. The van der Waals surface area contributed by atoms with Gasteiger partial charge in [-0.2, -0.15) is 5.10 Å². The van der Waals surface area contributed by atoms with E-state index in [0.29, 0.717) is 23.3 Å². The normalized spacial score (nSPS) is 17.6. The molecule has 1 saturated heterocycles. The Morgan fingerprint density at radius 1 is 1.26 bits per heavy atom. The number of carboxylic acids is 1. The Balaban J connectivity index is 1.89. The number of aromatic carboxylic acids is 1. The molecule has 3 heterocycles. The molecule has 1 aliphatic rings. The highest BCUT2D eigenvalue weighted by atomic mass is 35.5. The number of carboxylic acid groups (broad SMARTS) is 1. The molecule has 1 N–H and O–H groups in total. The van der Waals surface area contributed by atoms with Crippen molar-refractivity contribution in [3.05, 3.63) is 58.4 Å². The Kier molecular flexibility index (Phi) is 4.92. The van der Waals surface area contributed by atoms with Crippen LogP contribution in [0, 0.1) is 0 Å². The molecular weight excluding hydrogens is 366 g/mol. The van der Waals surface area contributed by atoms with Crippen LogP contribution in [0.3, 0.4) is 0 Å². The van der Waals surface area contributed by atoms with E-state index in [1.807, 2.05) is 36.4 Å². The fourth-order valence-electron chi connectivity index (χ4n) is 3.27. The summed E-state index contributed by atoms with van der Waals surface area (Å²) in [6.07, 6.45) is 6.26. The molecule has 1 fully saturated rings. The minimum Gasteiger partial charge on any atom is -0.478 e. The topological polar surface area (TPSA) is 77.2 Å². The first-order chi connectivity index (χ1) is 13.1. The average molecular weight is 384 g/mol. The van der Waals surface area contributed by atoms with Gasteiger partial charge in [0.25, 0.3) is 0 Å². The van der Waals surface area contributed by atoms with Crippen LogP contribution in [0.2, 0.25) is 5.15 Å². The molecule has 0 radical (unpaired) electrons. The number of fused-ring (bicyclic) bond motifs is 1. The predicted octanol–water partition coefficient (Wildman–Crippen LogP) is 4.65. The summed E-state index contributed by atoms with van der Waals surface area (Å²) in [6.45, 7) is 0.646. The van der Waals surface area contributed by atoms with Crippen LogP contribution < -0.4 is 0 Å². The molecule has 0 saturated carbocycles. The highest BCUT2D eigenvalue weighted by Crippen LogP contribution is 2.31. The number of halogens is 1. The average Bonchev–Trinajstić information content (AvgIpc) is 3.05. The lowest BCUT2D eigenvalue weighted by atomic mass is 10.1. The van der Waals surface area contributed by atoms with Crippen molar-refractivity contribution in [2.75, 3.05) is 6.61 Å². The number of hydrogen-bond donors (Lipinski definition) is 1. The van der Waals surface area contributed by atoms with E-state index in [-0.39, 0.29) is 16.9 Å². The number of rotatable bonds is 4. The lowest BCUT2D eigenvalue weighted by molar-refractivity contribution is -0.0370. The monoisotopic (exact) mass is 383 g/mol. The number of aromatic nitrogens is 3. The quantitative estimate of drug-likeness (QED) is 0.663. The molecule has 1 aliphatic heterocycles. The Morgan fingerprint density at radius 2 is 2.07 bits per heavy atom. The van der Waals surface area contributed by atoms with Crippen LogP contribution in [0.15, 0.2) is 36.4 Å². The molecule has 1 unspecified atom stereocenters. The van der Waals surface area contributed by atoms with Crippen molar-refractivity contribution in [3.8, 4) is 0 Å². The highest BCUT2D eigenvalue weighted by molar-refractivity contribution is 6.30. The van der Waals surface area contributed by atoms with Gasteiger partial charge in [0.05, 0.1) is 16.6 Å². The number of nitrogens with zero attached hydrogens (tertiary/aromatic N) is 3. The summed E-state index contributed by atoms with van der Waals surface area (Å²) in [7, 11) is 0. The maximum atomic E-state index is 11.8. The van der Waals surface area contributed by atoms with Crippen molar-refractivity contribution in [1.29, 1.82) is 0 Å². The SMILES string of the molecule is O=C(O)c1cc(Cl)nc2c1c(C=Cc1ccccc1)nn2C1CCCCO1.